The average molecular weight is 589 g/mol. The number of nitrogens with zero attached hydrogens (tertiary/aromatic N) is 4. The number of carbonyl (C=O) groups is 1. The summed E-state index contributed by atoms with van der Waals surface area (Å²) in [4.78, 5) is 30.3. The highest BCUT2D eigenvalue weighted by molar-refractivity contribution is 7.97. The third-order valence-electron chi connectivity index (χ3n) is 8.32. The van der Waals surface area contributed by atoms with Crippen LogP contribution in [0.2, 0.25) is 0 Å². The number of ether oxygens (including phenoxy) is 2. The second-order valence-corrected chi connectivity index (χ2v) is 13.3. The minimum Gasteiger partial charge on any atom is -0.474 e. The summed E-state index contributed by atoms with van der Waals surface area (Å²) >= 11 is 1.20. The minimum absolute atomic E-state index is 0.0206. The molecule has 0 radical (unpaired) electrons. The lowest BCUT2D eigenvalue weighted by atomic mass is 9.91. The van der Waals surface area contributed by atoms with Crippen molar-refractivity contribution in [3.05, 3.63) is 66.0 Å². The molecule has 9 nitrogen and oxygen atoms in total. The van der Waals surface area contributed by atoms with Gasteiger partial charge in [0.1, 0.15) is 22.8 Å². The van der Waals surface area contributed by atoms with Crippen LogP contribution in [0.15, 0.2) is 59.8 Å². The highest BCUT2D eigenvalue weighted by Crippen LogP contribution is 2.41. The van der Waals surface area contributed by atoms with Crippen molar-refractivity contribution < 1.29 is 14.3 Å². The number of anilines is 2. The van der Waals surface area contributed by atoms with Gasteiger partial charge in [0.2, 0.25) is 5.88 Å². The van der Waals surface area contributed by atoms with Crippen LogP contribution in [-0.4, -0.2) is 51.3 Å². The normalized spacial score (nSPS) is 25.4. The maximum atomic E-state index is 13.6. The van der Waals surface area contributed by atoms with Crippen LogP contribution in [0.4, 0.5) is 11.6 Å². The molecule has 4 bridgehead atoms. The van der Waals surface area contributed by atoms with Crippen LogP contribution in [0.3, 0.4) is 0 Å². The number of pyridine rings is 3. The smallest absolute Gasteiger partial charge is 0.265 e. The molecule has 10 heteroatoms. The second kappa shape index (κ2) is 12.1. The zero-order valence-corrected chi connectivity index (χ0v) is 25.6. The van der Waals surface area contributed by atoms with E-state index in [-0.39, 0.29) is 35.8 Å². The summed E-state index contributed by atoms with van der Waals surface area (Å²) in [5, 5.41) is 4.31. The molecule has 1 saturated heterocycles. The number of aromatic nitrogens is 3. The van der Waals surface area contributed by atoms with Crippen LogP contribution in [-0.2, 0) is 4.74 Å². The molecule has 1 amide bonds. The van der Waals surface area contributed by atoms with Gasteiger partial charge in [-0.1, -0.05) is 12.1 Å². The Labute approximate surface area is 252 Å². The molecule has 3 aromatic heterocycles. The average Bonchev–Trinajstić information content (AvgIpc) is 3.26. The molecular formula is C32H40N6O3S. The highest BCUT2D eigenvalue weighted by atomic mass is 32.2. The monoisotopic (exact) mass is 588 g/mol. The number of hydrogen-bond acceptors (Lipinski definition) is 9. The first-order chi connectivity index (χ1) is 20.2. The Hall–Kier alpha value is -3.37. The number of nitrogens with one attached hydrogen (secondary N) is 2. The molecule has 5 heterocycles. The van der Waals surface area contributed by atoms with Crippen molar-refractivity contribution in [2.45, 2.75) is 94.7 Å². The molecule has 1 aliphatic carbocycles. The minimum atomic E-state index is -0.205. The van der Waals surface area contributed by atoms with Gasteiger partial charge in [-0.2, -0.15) is 4.98 Å². The van der Waals surface area contributed by atoms with E-state index in [0.29, 0.717) is 28.2 Å². The van der Waals surface area contributed by atoms with Crippen molar-refractivity contribution in [3.63, 3.8) is 0 Å². The molecule has 42 heavy (non-hydrogen) atoms. The summed E-state index contributed by atoms with van der Waals surface area (Å²) in [7, 11) is 0. The van der Waals surface area contributed by atoms with Gasteiger partial charge in [-0.3, -0.25) is 14.5 Å². The van der Waals surface area contributed by atoms with Gasteiger partial charge in [-0.05, 0) is 83.2 Å². The molecular weight excluding hydrogens is 548 g/mol. The number of amides is 1. The van der Waals surface area contributed by atoms with Crippen LogP contribution >= 0.6 is 11.9 Å². The van der Waals surface area contributed by atoms with Crippen molar-refractivity contribution in [1.29, 1.82) is 0 Å². The fraction of sp³-hybridized carbons (Fsp3) is 0.500. The molecule has 2 atom stereocenters. The largest absolute Gasteiger partial charge is 0.474 e. The van der Waals surface area contributed by atoms with Gasteiger partial charge in [0.25, 0.3) is 5.91 Å². The quantitative estimate of drug-likeness (QED) is 0.338. The number of rotatable bonds is 5. The zero-order chi connectivity index (χ0) is 29.3. The summed E-state index contributed by atoms with van der Waals surface area (Å²) in [6.45, 7) is 9.41. The van der Waals surface area contributed by atoms with Crippen LogP contribution in [0, 0.1) is 5.92 Å². The standard InChI is InChI=1S/C32H40N6O3S/c1-20(2)40-22-16-23(17-22)41-28-14-12-24-30(36-28)38-19-21(18-32(38,3)4)11-13-26(25-8-5-6-15-33-25)34-27-9-7-10-29(35-27)42-37-31(24)39/h5-10,12,14-15,20-23,26H,11,13,16-19H2,1-4H3,(H,34,35)(H,37,39)/t21-,22?,23?,26+/m0/s1. The van der Waals surface area contributed by atoms with E-state index in [1.54, 1.807) is 0 Å². The lowest BCUT2D eigenvalue weighted by Crippen LogP contribution is -2.41. The van der Waals surface area contributed by atoms with Gasteiger partial charge in [0.15, 0.2) is 0 Å². The number of fused-ring (bicyclic) bond motifs is 6. The topological polar surface area (TPSA) is 102 Å². The maximum Gasteiger partial charge on any atom is 0.265 e. The molecule has 3 aromatic rings. The van der Waals surface area contributed by atoms with Gasteiger partial charge >= 0.3 is 0 Å². The van der Waals surface area contributed by atoms with Crippen molar-refractivity contribution in [2.24, 2.45) is 5.92 Å². The molecule has 1 saturated carbocycles. The van der Waals surface area contributed by atoms with Gasteiger partial charge in [0, 0.05) is 49.1 Å². The lowest BCUT2D eigenvalue weighted by Gasteiger charge is -2.37. The van der Waals surface area contributed by atoms with Gasteiger partial charge in [0.05, 0.1) is 29.5 Å². The Morgan fingerprint density at radius 1 is 1.02 bits per heavy atom. The zero-order valence-electron chi connectivity index (χ0n) is 24.7. The van der Waals surface area contributed by atoms with Gasteiger partial charge in [-0.15, -0.1) is 0 Å². The molecule has 2 aliphatic heterocycles. The van der Waals surface area contributed by atoms with E-state index >= 15 is 0 Å². The fourth-order valence-corrected chi connectivity index (χ4v) is 6.87. The molecule has 2 N–H and O–H groups in total. The van der Waals surface area contributed by atoms with Crippen LogP contribution < -0.4 is 19.7 Å². The van der Waals surface area contributed by atoms with E-state index in [2.05, 4.69) is 53.7 Å². The molecule has 3 aliphatic rings. The van der Waals surface area contributed by atoms with Crippen molar-refractivity contribution in [2.75, 3.05) is 16.8 Å². The lowest BCUT2D eigenvalue weighted by molar-refractivity contribution is -0.0859. The number of hydrogen-bond donors (Lipinski definition) is 2. The predicted molar refractivity (Wildman–Crippen MR) is 165 cm³/mol. The van der Waals surface area contributed by atoms with Gasteiger partial charge in [-0.25, -0.2) is 4.98 Å². The Morgan fingerprint density at radius 2 is 1.88 bits per heavy atom. The maximum absolute atomic E-state index is 13.6. The third-order valence-corrected chi connectivity index (χ3v) is 9.04. The Kier molecular flexibility index (Phi) is 8.27. The number of carbonyl (C=O) groups excluding carboxylic acids is 1. The van der Waals surface area contributed by atoms with E-state index in [1.807, 2.05) is 48.7 Å². The molecule has 0 aromatic carbocycles. The van der Waals surface area contributed by atoms with E-state index in [1.165, 1.54) is 11.9 Å². The van der Waals surface area contributed by atoms with Gasteiger partial charge < -0.3 is 19.7 Å². The first kappa shape index (κ1) is 28.7. The predicted octanol–water partition coefficient (Wildman–Crippen LogP) is 6.20. The molecule has 0 spiro atoms. The molecule has 222 valence electrons. The van der Waals surface area contributed by atoms with E-state index in [9.17, 15) is 4.79 Å². The van der Waals surface area contributed by atoms with Crippen molar-refractivity contribution >= 4 is 29.5 Å². The SMILES string of the molecule is CC(C)OC1CC(Oc2ccc3c(n2)N2C[C@@H](CC[C@H](c4ccccn4)Nc4cccc(n4)SNC3=O)CC2(C)C)C1. The molecule has 6 rings (SSSR count). The summed E-state index contributed by atoms with van der Waals surface area (Å²) in [5.41, 5.74) is 1.35. The molecule has 0 unspecified atom stereocenters. The highest BCUT2D eigenvalue weighted by Gasteiger charge is 2.41. The summed E-state index contributed by atoms with van der Waals surface area (Å²) in [6.07, 6.45) is 6.95. The third kappa shape index (κ3) is 6.49. The summed E-state index contributed by atoms with van der Waals surface area (Å²) in [5.74, 6) is 2.20. The Bertz CT molecular complexity index is 1400. The van der Waals surface area contributed by atoms with E-state index in [0.717, 1.165) is 50.2 Å². The summed E-state index contributed by atoms with van der Waals surface area (Å²) in [6, 6.07) is 15.5. The van der Waals surface area contributed by atoms with E-state index < -0.39 is 0 Å². The van der Waals surface area contributed by atoms with Crippen molar-refractivity contribution in [3.8, 4) is 5.88 Å². The Morgan fingerprint density at radius 3 is 2.67 bits per heavy atom. The van der Waals surface area contributed by atoms with Crippen LogP contribution in [0.25, 0.3) is 0 Å². The summed E-state index contributed by atoms with van der Waals surface area (Å²) < 4.78 is 15.2. The molecule has 2 fully saturated rings. The van der Waals surface area contributed by atoms with Crippen LogP contribution in [0.5, 0.6) is 5.88 Å². The first-order valence-corrected chi connectivity index (χ1v) is 15.8. The van der Waals surface area contributed by atoms with Crippen molar-refractivity contribution in [1.82, 2.24) is 19.7 Å². The van der Waals surface area contributed by atoms with E-state index in [4.69, 9.17) is 19.4 Å². The Balaban J connectivity index is 1.29. The fourth-order valence-electron chi connectivity index (χ4n) is 6.28. The second-order valence-electron chi connectivity index (χ2n) is 12.5. The first-order valence-electron chi connectivity index (χ1n) is 15.0. The van der Waals surface area contributed by atoms with Crippen LogP contribution in [0.1, 0.15) is 81.9 Å².